The van der Waals surface area contributed by atoms with Gasteiger partial charge in [-0.2, -0.15) is 0 Å². The number of carbonyl (C=O) groups is 4. The number of ether oxygens (including phenoxy) is 2. The third-order valence-electron chi connectivity index (χ3n) is 10.8. The number of fused-ring (bicyclic) bond motifs is 6. The number of nitrogens with one attached hydrogen (secondary N) is 3. The molecule has 3 N–H and O–H groups in total. The van der Waals surface area contributed by atoms with Gasteiger partial charge in [0, 0.05) is 70.0 Å². The van der Waals surface area contributed by atoms with Gasteiger partial charge in [-0.25, -0.2) is 27.2 Å². The standard InChI is InChI=1S/C25H25F2N3O3.C18H23N3O2.C7H3ClF2O.CH4/c1-13(2)33-24(32)16-11-30(23(31)15-7-8-17(26)18(27)10-15)12-25(4,5)20-21(16)29-19-9-6-14(3)28-22(19)20;1-10(2)23-17(22)12-8-19-9-18(4,5)14-15(12)21-13-7-6-11(3)20-16(13)14;8-7(11)4-1-2-5(9)6(10)3-4;/h6-11,13,29H,12H2,1-5H3;6-8,10,19,21H,9H2,1-5H3;1-3H;1H4. The van der Waals surface area contributed by atoms with Gasteiger partial charge in [-0.1, -0.05) is 35.1 Å². The van der Waals surface area contributed by atoms with E-state index in [-0.39, 0.29) is 54.3 Å². The lowest BCUT2D eigenvalue weighted by Gasteiger charge is -2.29. The predicted molar refractivity (Wildman–Crippen MR) is 255 cm³/mol. The van der Waals surface area contributed by atoms with Crippen LogP contribution in [0.2, 0.25) is 0 Å². The fourth-order valence-electron chi connectivity index (χ4n) is 7.80. The highest BCUT2D eigenvalue weighted by Crippen LogP contribution is 2.41. The van der Waals surface area contributed by atoms with Crippen LogP contribution in [0.4, 0.5) is 17.6 Å². The van der Waals surface area contributed by atoms with Crippen LogP contribution in [0.1, 0.15) is 117 Å². The molecule has 1 amide bonds. The number of hydrogen-bond donors (Lipinski definition) is 3. The van der Waals surface area contributed by atoms with Crippen molar-refractivity contribution in [2.75, 3.05) is 13.1 Å². The molecule has 6 aromatic rings. The van der Waals surface area contributed by atoms with Gasteiger partial charge in [-0.3, -0.25) is 19.6 Å². The number of aromatic nitrogens is 4. The van der Waals surface area contributed by atoms with Crippen LogP contribution < -0.4 is 5.32 Å². The third kappa shape index (κ3) is 11.3. The lowest BCUT2D eigenvalue weighted by molar-refractivity contribution is -0.141. The van der Waals surface area contributed by atoms with Gasteiger partial charge >= 0.3 is 11.9 Å². The van der Waals surface area contributed by atoms with Gasteiger partial charge in [0.05, 0.1) is 56.8 Å². The summed E-state index contributed by atoms with van der Waals surface area (Å²) in [5.41, 5.74) is 8.11. The number of esters is 2. The normalized spacial score (nSPS) is 14.6. The Morgan fingerprint density at radius 1 is 0.662 bits per heavy atom. The number of carbonyl (C=O) groups excluding carboxylic acids is 4. The topological polar surface area (TPSA) is 159 Å². The molecule has 360 valence electrons. The maximum atomic E-state index is 13.8. The largest absolute Gasteiger partial charge is 0.459 e. The Balaban J connectivity index is 0.000000213. The second-order valence-corrected chi connectivity index (χ2v) is 18.4. The number of nitrogens with zero attached hydrogens (tertiary/aromatic N) is 3. The van der Waals surface area contributed by atoms with E-state index < -0.39 is 45.8 Å². The molecule has 0 saturated carbocycles. The summed E-state index contributed by atoms with van der Waals surface area (Å²) < 4.78 is 62.7. The molecule has 0 unspecified atom stereocenters. The number of benzene rings is 2. The lowest BCUT2D eigenvalue weighted by Crippen LogP contribution is -2.37. The van der Waals surface area contributed by atoms with Crippen molar-refractivity contribution >= 4 is 67.9 Å². The Morgan fingerprint density at radius 3 is 1.60 bits per heavy atom. The monoisotopic (exact) mass is 958 g/mol. The molecule has 0 fully saturated rings. The highest BCUT2D eigenvalue weighted by Gasteiger charge is 2.39. The van der Waals surface area contributed by atoms with Crippen LogP contribution in [0.15, 0.2) is 73.1 Å². The number of aromatic amines is 2. The molecule has 12 nitrogen and oxygen atoms in total. The number of hydrogen-bond acceptors (Lipinski definition) is 9. The molecule has 0 bridgehead atoms. The minimum absolute atomic E-state index is 0. The van der Waals surface area contributed by atoms with Crippen LogP contribution in [0.3, 0.4) is 0 Å². The highest BCUT2D eigenvalue weighted by molar-refractivity contribution is 6.67. The first-order valence-corrected chi connectivity index (χ1v) is 21.7. The minimum atomic E-state index is -1.12. The Labute approximate surface area is 397 Å². The van der Waals surface area contributed by atoms with Gasteiger partial charge < -0.3 is 29.7 Å². The van der Waals surface area contributed by atoms with Gasteiger partial charge in [-0.05, 0) is 114 Å². The van der Waals surface area contributed by atoms with Crippen LogP contribution in [-0.4, -0.2) is 73.2 Å². The van der Waals surface area contributed by atoms with E-state index in [1.807, 2.05) is 65.8 Å². The number of rotatable bonds is 6. The minimum Gasteiger partial charge on any atom is -0.459 e. The smallest absolute Gasteiger partial charge is 0.342 e. The van der Waals surface area contributed by atoms with E-state index >= 15 is 0 Å². The summed E-state index contributed by atoms with van der Waals surface area (Å²) in [6.07, 6.45) is 2.64. The number of pyridine rings is 2. The molecule has 4 aromatic heterocycles. The molecule has 0 atom stereocenters. The highest BCUT2D eigenvalue weighted by atomic mass is 35.5. The molecular formula is C51H55ClF4N6O6. The third-order valence-corrected chi connectivity index (χ3v) is 11.0. The van der Waals surface area contributed by atoms with Crippen LogP contribution in [-0.2, 0) is 29.9 Å². The van der Waals surface area contributed by atoms with E-state index in [0.29, 0.717) is 16.8 Å². The molecule has 17 heteroatoms. The van der Waals surface area contributed by atoms with Gasteiger partial charge in [0.2, 0.25) is 0 Å². The van der Waals surface area contributed by atoms with Gasteiger partial charge in [0.25, 0.3) is 11.1 Å². The summed E-state index contributed by atoms with van der Waals surface area (Å²) in [5.74, 6) is -5.71. The molecule has 0 spiro atoms. The Bertz CT molecular complexity index is 2990. The molecule has 0 aliphatic carbocycles. The van der Waals surface area contributed by atoms with E-state index in [4.69, 9.17) is 26.1 Å². The Morgan fingerprint density at radius 2 is 1.12 bits per heavy atom. The van der Waals surface area contributed by atoms with Crippen LogP contribution in [0, 0.1) is 37.1 Å². The van der Waals surface area contributed by atoms with Gasteiger partial charge in [0.1, 0.15) is 0 Å². The van der Waals surface area contributed by atoms with Crippen LogP contribution in [0.25, 0.3) is 33.2 Å². The number of aryl methyl sites for hydroxylation is 2. The molecule has 6 heterocycles. The van der Waals surface area contributed by atoms with Crippen molar-refractivity contribution in [1.29, 1.82) is 0 Å². The predicted octanol–water partition coefficient (Wildman–Crippen LogP) is 10.9. The maximum Gasteiger partial charge on any atom is 0.342 e. The molecular weight excluding hydrogens is 904 g/mol. The Kier molecular flexibility index (Phi) is 15.8. The zero-order valence-electron chi connectivity index (χ0n) is 38.7. The number of amides is 1. The molecule has 8 rings (SSSR count). The second-order valence-electron chi connectivity index (χ2n) is 18.1. The van der Waals surface area contributed by atoms with Crippen molar-refractivity contribution in [1.82, 2.24) is 30.2 Å². The second kappa shape index (κ2) is 20.6. The first-order chi connectivity index (χ1) is 31.4. The van der Waals surface area contributed by atoms with Gasteiger partial charge in [-0.15, -0.1) is 0 Å². The number of halogens is 5. The summed E-state index contributed by atoms with van der Waals surface area (Å²) in [7, 11) is 0. The lowest BCUT2D eigenvalue weighted by atomic mass is 9.83. The first kappa shape index (κ1) is 52.2. The fourth-order valence-corrected chi connectivity index (χ4v) is 7.92. The summed E-state index contributed by atoms with van der Waals surface area (Å²) in [5, 5.41) is 2.44. The fraction of sp³-hybridized carbons (Fsp3) is 0.333. The van der Waals surface area contributed by atoms with E-state index in [2.05, 4.69) is 34.1 Å². The van der Waals surface area contributed by atoms with E-state index in [1.54, 1.807) is 20.0 Å². The van der Waals surface area contributed by atoms with Crippen molar-refractivity contribution < 1.29 is 46.2 Å². The Hall–Kier alpha value is -6.81. The summed E-state index contributed by atoms with van der Waals surface area (Å²) >= 11 is 5.00. The maximum absolute atomic E-state index is 13.8. The average Bonchev–Trinajstić information content (AvgIpc) is 3.74. The molecule has 68 heavy (non-hydrogen) atoms. The summed E-state index contributed by atoms with van der Waals surface area (Å²) in [6, 6.07) is 13.5. The first-order valence-electron chi connectivity index (χ1n) is 21.4. The molecule has 2 aliphatic heterocycles. The quantitative estimate of drug-likeness (QED) is 0.0839. The van der Waals surface area contributed by atoms with E-state index in [0.717, 1.165) is 81.6 Å². The SMILES string of the molecule is C.Cc1ccc2[nH]c3c(c2n1)C(C)(C)CN(C(=O)c1ccc(F)c(F)c1)C=C3C(=O)OC(C)C.Cc1ccc2[nH]c3c(c2n1)C(C)(C)CNC=C3C(=O)OC(C)C.O=C(Cl)c1ccc(F)c(F)c1. The van der Waals surface area contributed by atoms with E-state index in [9.17, 15) is 36.7 Å². The van der Waals surface area contributed by atoms with Crippen molar-refractivity contribution in [2.24, 2.45) is 0 Å². The van der Waals surface area contributed by atoms with E-state index in [1.165, 1.54) is 17.2 Å². The molecule has 2 aliphatic rings. The molecule has 2 aromatic carbocycles. The summed E-state index contributed by atoms with van der Waals surface area (Å²) in [6.45, 7) is 20.1. The zero-order chi connectivity index (χ0) is 49.3. The number of H-pyrrole nitrogens is 2. The van der Waals surface area contributed by atoms with Crippen molar-refractivity contribution in [3.63, 3.8) is 0 Å². The van der Waals surface area contributed by atoms with Gasteiger partial charge in [0.15, 0.2) is 23.3 Å². The van der Waals surface area contributed by atoms with Crippen molar-refractivity contribution in [3.8, 4) is 0 Å². The van der Waals surface area contributed by atoms with Crippen molar-refractivity contribution in [2.45, 2.75) is 99.7 Å². The van der Waals surface area contributed by atoms with Crippen LogP contribution in [0.5, 0.6) is 0 Å². The van der Waals surface area contributed by atoms with Crippen molar-refractivity contribution in [3.05, 3.63) is 141 Å². The zero-order valence-corrected chi connectivity index (χ0v) is 39.4. The molecule has 0 radical (unpaired) electrons. The summed E-state index contributed by atoms with van der Waals surface area (Å²) in [4.78, 5) is 66.7. The van der Waals surface area contributed by atoms with Crippen LogP contribution >= 0.6 is 11.6 Å². The average molecular weight is 959 g/mol. The molecule has 0 saturated heterocycles.